The monoisotopic (exact) mass is 659 g/mol. The molecular weight excluding hydrogens is 618 g/mol. The third kappa shape index (κ3) is 8.56. The summed E-state index contributed by atoms with van der Waals surface area (Å²) < 4.78 is 29.8. The van der Waals surface area contributed by atoms with Gasteiger partial charge in [0, 0.05) is 24.0 Å². The zero-order valence-electron chi connectivity index (χ0n) is 27.0. The summed E-state index contributed by atoms with van der Waals surface area (Å²) in [6.45, 7) is 9.09. The summed E-state index contributed by atoms with van der Waals surface area (Å²) in [6, 6.07) is 27.5. The van der Waals surface area contributed by atoms with Crippen LogP contribution < -0.4 is 9.62 Å². The maximum Gasteiger partial charge on any atom is 0.264 e. The van der Waals surface area contributed by atoms with Crippen LogP contribution in [0.25, 0.3) is 0 Å². The normalized spacial score (nSPS) is 12.7. The number of amides is 2. The Hall–Kier alpha value is -4.14. The predicted molar refractivity (Wildman–Crippen MR) is 185 cm³/mol. The molecule has 1 N–H and O–H groups in total. The number of nitrogens with zero attached hydrogens (tertiary/aromatic N) is 2. The molecule has 46 heavy (non-hydrogen) atoms. The van der Waals surface area contributed by atoms with E-state index in [-0.39, 0.29) is 29.8 Å². The fraction of sp³-hybridized carbons (Fsp3) is 0.297. The van der Waals surface area contributed by atoms with Crippen LogP contribution in [-0.2, 0) is 32.6 Å². The first-order valence-electron chi connectivity index (χ1n) is 15.4. The quantitative estimate of drug-likeness (QED) is 0.167. The molecule has 4 aromatic rings. The maximum absolute atomic E-state index is 14.6. The van der Waals surface area contributed by atoms with Crippen molar-refractivity contribution in [1.29, 1.82) is 0 Å². The number of rotatable bonds is 13. The SMILES string of the molecule is CC[C@H](C)NC(=O)[C@@H](Cc1ccccc1)N(Cc1ccc(Cl)cc1)C(=O)CN(c1cccc(C)c1C)S(=O)(=O)c1ccc(C)cc1. The van der Waals surface area contributed by atoms with E-state index in [4.69, 9.17) is 11.6 Å². The fourth-order valence-electron chi connectivity index (χ4n) is 5.14. The molecule has 2 atom stereocenters. The highest BCUT2D eigenvalue weighted by molar-refractivity contribution is 7.92. The average molecular weight is 660 g/mol. The standard InChI is InChI=1S/C37H42ClN3O4S/c1-6-28(4)39-37(43)35(23-30-12-8-7-9-13-30)40(24-31-17-19-32(38)20-18-31)36(42)25-41(34-14-10-11-27(3)29(34)5)46(44,45)33-21-15-26(2)16-22-33/h7-22,28,35H,6,23-25H2,1-5H3,(H,39,43)/t28-,35+/m0/s1. The number of hydrogen-bond acceptors (Lipinski definition) is 4. The van der Waals surface area contributed by atoms with Crippen molar-refractivity contribution in [3.63, 3.8) is 0 Å². The zero-order valence-corrected chi connectivity index (χ0v) is 28.6. The number of halogens is 1. The summed E-state index contributed by atoms with van der Waals surface area (Å²) in [4.78, 5) is 30.2. The number of carbonyl (C=O) groups is 2. The van der Waals surface area contributed by atoms with E-state index >= 15 is 0 Å². The van der Waals surface area contributed by atoms with Crippen LogP contribution in [-0.4, -0.2) is 43.8 Å². The first-order valence-corrected chi connectivity index (χ1v) is 17.3. The molecule has 242 valence electrons. The molecular formula is C37H42ClN3O4S. The van der Waals surface area contributed by atoms with Crippen LogP contribution in [0.5, 0.6) is 0 Å². The number of benzene rings is 4. The van der Waals surface area contributed by atoms with Gasteiger partial charge in [-0.1, -0.05) is 90.8 Å². The van der Waals surface area contributed by atoms with Crippen LogP contribution >= 0.6 is 11.6 Å². The van der Waals surface area contributed by atoms with E-state index < -0.39 is 28.5 Å². The van der Waals surface area contributed by atoms with E-state index in [0.717, 1.165) is 27.8 Å². The van der Waals surface area contributed by atoms with Gasteiger partial charge in [0.1, 0.15) is 12.6 Å². The molecule has 0 fully saturated rings. The van der Waals surface area contributed by atoms with Crippen LogP contribution in [0, 0.1) is 20.8 Å². The van der Waals surface area contributed by atoms with Crippen molar-refractivity contribution in [2.75, 3.05) is 10.8 Å². The molecule has 4 rings (SSSR count). The van der Waals surface area contributed by atoms with Gasteiger partial charge < -0.3 is 10.2 Å². The second-order valence-corrected chi connectivity index (χ2v) is 14.0. The minimum absolute atomic E-state index is 0.0754. The van der Waals surface area contributed by atoms with Crippen LogP contribution in [0.1, 0.15) is 48.1 Å². The second kappa shape index (κ2) is 15.4. The van der Waals surface area contributed by atoms with Crippen molar-refractivity contribution in [3.05, 3.63) is 130 Å². The van der Waals surface area contributed by atoms with Gasteiger partial charge in [-0.05, 0) is 86.7 Å². The molecule has 0 spiro atoms. The Morgan fingerprint density at radius 2 is 1.48 bits per heavy atom. The van der Waals surface area contributed by atoms with Gasteiger partial charge in [0.05, 0.1) is 10.6 Å². The van der Waals surface area contributed by atoms with Gasteiger partial charge in [-0.15, -0.1) is 0 Å². The highest BCUT2D eigenvalue weighted by Crippen LogP contribution is 2.29. The van der Waals surface area contributed by atoms with Crippen LogP contribution in [0.3, 0.4) is 0 Å². The molecule has 4 aromatic carbocycles. The average Bonchev–Trinajstić information content (AvgIpc) is 3.04. The summed E-state index contributed by atoms with van der Waals surface area (Å²) in [5.41, 5.74) is 4.58. The van der Waals surface area contributed by atoms with Gasteiger partial charge in [-0.3, -0.25) is 13.9 Å². The van der Waals surface area contributed by atoms with E-state index in [1.807, 2.05) is 71.0 Å². The molecule has 0 saturated carbocycles. The first kappa shape index (κ1) is 34.7. The lowest BCUT2D eigenvalue weighted by atomic mass is 10.0. The van der Waals surface area contributed by atoms with Crippen LogP contribution in [0.2, 0.25) is 5.02 Å². The Morgan fingerprint density at radius 1 is 0.826 bits per heavy atom. The minimum Gasteiger partial charge on any atom is -0.352 e. The Labute approximate surface area is 278 Å². The van der Waals surface area contributed by atoms with Crippen molar-refractivity contribution < 1.29 is 18.0 Å². The smallest absolute Gasteiger partial charge is 0.264 e. The van der Waals surface area contributed by atoms with Gasteiger partial charge in [0.2, 0.25) is 11.8 Å². The number of anilines is 1. The molecule has 7 nitrogen and oxygen atoms in total. The van der Waals surface area contributed by atoms with Crippen molar-refractivity contribution in [3.8, 4) is 0 Å². The lowest BCUT2D eigenvalue weighted by Gasteiger charge is -2.34. The lowest BCUT2D eigenvalue weighted by molar-refractivity contribution is -0.140. The van der Waals surface area contributed by atoms with E-state index in [1.165, 1.54) is 9.21 Å². The number of carbonyl (C=O) groups excluding carboxylic acids is 2. The minimum atomic E-state index is -4.18. The van der Waals surface area contributed by atoms with Crippen molar-refractivity contribution in [2.24, 2.45) is 0 Å². The summed E-state index contributed by atoms with van der Waals surface area (Å²) in [5, 5.41) is 3.60. The largest absolute Gasteiger partial charge is 0.352 e. The molecule has 0 saturated heterocycles. The third-order valence-electron chi connectivity index (χ3n) is 8.27. The molecule has 0 unspecified atom stereocenters. The number of sulfonamides is 1. The second-order valence-electron chi connectivity index (χ2n) is 11.7. The van der Waals surface area contributed by atoms with E-state index in [1.54, 1.807) is 60.7 Å². The topological polar surface area (TPSA) is 86.8 Å². The first-order chi connectivity index (χ1) is 21.9. The third-order valence-corrected chi connectivity index (χ3v) is 10.3. The molecule has 2 amide bonds. The highest BCUT2D eigenvalue weighted by atomic mass is 35.5. The molecule has 0 radical (unpaired) electrons. The maximum atomic E-state index is 14.6. The van der Waals surface area contributed by atoms with Gasteiger partial charge in [-0.2, -0.15) is 0 Å². The molecule has 0 bridgehead atoms. The molecule has 0 aliphatic rings. The Morgan fingerprint density at radius 3 is 2.11 bits per heavy atom. The van der Waals surface area contributed by atoms with E-state index in [2.05, 4.69) is 5.32 Å². The summed E-state index contributed by atoms with van der Waals surface area (Å²) >= 11 is 6.17. The summed E-state index contributed by atoms with van der Waals surface area (Å²) in [5.74, 6) is -0.813. The Bertz CT molecular complexity index is 1740. The molecule has 0 heterocycles. The van der Waals surface area contributed by atoms with Crippen molar-refractivity contribution in [1.82, 2.24) is 10.2 Å². The van der Waals surface area contributed by atoms with Crippen molar-refractivity contribution >= 4 is 39.1 Å². The van der Waals surface area contributed by atoms with Gasteiger partial charge in [0.25, 0.3) is 10.0 Å². The fourth-order valence-corrected chi connectivity index (χ4v) is 6.74. The molecule has 9 heteroatoms. The molecule has 0 aliphatic carbocycles. The van der Waals surface area contributed by atoms with Gasteiger partial charge in [-0.25, -0.2) is 8.42 Å². The Kier molecular flexibility index (Phi) is 11.7. The predicted octanol–water partition coefficient (Wildman–Crippen LogP) is 7.02. The Balaban J connectivity index is 1.83. The number of nitrogens with one attached hydrogen (secondary N) is 1. The van der Waals surface area contributed by atoms with Gasteiger partial charge in [0.15, 0.2) is 0 Å². The van der Waals surface area contributed by atoms with E-state index in [9.17, 15) is 18.0 Å². The summed E-state index contributed by atoms with van der Waals surface area (Å²) in [6.07, 6.45) is 0.959. The lowest BCUT2D eigenvalue weighted by Crippen LogP contribution is -2.54. The number of hydrogen-bond donors (Lipinski definition) is 1. The van der Waals surface area contributed by atoms with Crippen LogP contribution in [0.15, 0.2) is 102 Å². The highest BCUT2D eigenvalue weighted by Gasteiger charge is 2.35. The van der Waals surface area contributed by atoms with E-state index in [0.29, 0.717) is 17.1 Å². The van der Waals surface area contributed by atoms with Gasteiger partial charge >= 0.3 is 0 Å². The molecule has 0 aliphatic heterocycles. The number of aryl methyl sites for hydroxylation is 2. The zero-order chi connectivity index (χ0) is 33.4. The van der Waals surface area contributed by atoms with Crippen molar-refractivity contribution in [2.45, 2.75) is 71.0 Å². The van der Waals surface area contributed by atoms with Crippen LogP contribution in [0.4, 0.5) is 5.69 Å². The summed E-state index contributed by atoms with van der Waals surface area (Å²) in [7, 11) is -4.18. The molecule has 0 aromatic heterocycles.